The molecule has 1 aromatic carbocycles. The number of carbonyl (C=O) groups is 2. The first-order chi connectivity index (χ1) is 11.3. The van der Waals surface area contributed by atoms with Crippen LogP contribution in [0, 0.1) is 13.8 Å². The highest BCUT2D eigenvalue weighted by Crippen LogP contribution is 2.29. The van der Waals surface area contributed by atoms with Crippen LogP contribution in [-0.2, 0) is 4.79 Å². The number of carbonyl (C=O) groups excluding carboxylic acids is 2. The van der Waals surface area contributed by atoms with E-state index in [1.165, 1.54) is 7.05 Å². The van der Waals surface area contributed by atoms with Crippen molar-refractivity contribution in [2.75, 3.05) is 7.05 Å². The number of hydrogen-bond acceptors (Lipinski definition) is 2. The fourth-order valence-corrected chi connectivity index (χ4v) is 3.24. The van der Waals surface area contributed by atoms with Gasteiger partial charge in [-0.3, -0.25) is 9.69 Å². The van der Waals surface area contributed by atoms with Gasteiger partial charge in [0.25, 0.3) is 5.91 Å². The number of nitrogens with one attached hydrogen (secondary N) is 1. The lowest BCUT2D eigenvalue weighted by Crippen LogP contribution is -2.25. The Bertz CT molecular complexity index is 899. The van der Waals surface area contributed by atoms with Gasteiger partial charge < -0.3 is 9.88 Å². The molecule has 0 unspecified atom stereocenters. The Hall–Kier alpha value is -2.24. The molecule has 1 aliphatic heterocycles. The molecule has 1 N–H and O–H groups in total. The van der Waals surface area contributed by atoms with Gasteiger partial charge in [-0.25, -0.2) is 4.79 Å². The quantitative estimate of drug-likeness (QED) is 0.649. The zero-order valence-corrected chi connectivity index (χ0v) is 14.9. The highest BCUT2D eigenvalue weighted by atomic mass is 35.5. The van der Waals surface area contributed by atoms with Crippen molar-refractivity contribution in [3.05, 3.63) is 57.0 Å². The van der Waals surface area contributed by atoms with E-state index in [-0.39, 0.29) is 11.6 Å². The van der Waals surface area contributed by atoms with Crippen LogP contribution in [0.4, 0.5) is 4.79 Å². The molecule has 1 fully saturated rings. The molecule has 1 aromatic heterocycles. The van der Waals surface area contributed by atoms with E-state index < -0.39 is 6.03 Å². The number of aromatic nitrogens is 1. The normalized spacial score (nSPS) is 16.2. The van der Waals surface area contributed by atoms with Crippen molar-refractivity contribution in [3.63, 3.8) is 0 Å². The number of aryl methyl sites for hydroxylation is 1. The third-order valence-corrected chi connectivity index (χ3v) is 4.54. The van der Waals surface area contributed by atoms with Gasteiger partial charge in [-0.15, -0.1) is 0 Å². The monoisotopic (exact) mass is 363 g/mol. The second kappa shape index (κ2) is 6.00. The van der Waals surface area contributed by atoms with Gasteiger partial charge in [0.15, 0.2) is 0 Å². The summed E-state index contributed by atoms with van der Waals surface area (Å²) in [5, 5.41) is 3.66. The van der Waals surface area contributed by atoms with Crippen LogP contribution in [0.3, 0.4) is 0 Å². The number of rotatable bonds is 2. The van der Waals surface area contributed by atoms with Gasteiger partial charge in [0, 0.05) is 23.5 Å². The molecule has 5 nitrogen and oxygen atoms in total. The fourth-order valence-electron chi connectivity index (χ4n) is 2.75. The lowest BCUT2D eigenvalue weighted by Gasteiger charge is -2.12. The molecule has 7 heteroatoms. The van der Waals surface area contributed by atoms with Crippen LogP contribution < -0.4 is 5.32 Å². The first-order valence-corrected chi connectivity index (χ1v) is 8.00. The SMILES string of the molecule is Cc1cc(/C=C2/NC(=O)N(C)C2=O)c(C)n1-c1ccc(Cl)cc1Cl. The number of nitrogens with zero attached hydrogens (tertiary/aromatic N) is 2. The highest BCUT2D eigenvalue weighted by Gasteiger charge is 2.30. The van der Waals surface area contributed by atoms with E-state index in [2.05, 4.69) is 5.32 Å². The minimum atomic E-state index is -0.430. The number of hydrogen-bond donors (Lipinski definition) is 1. The second-order valence-corrected chi connectivity index (χ2v) is 6.45. The first-order valence-electron chi connectivity index (χ1n) is 7.24. The van der Waals surface area contributed by atoms with Crippen molar-refractivity contribution < 1.29 is 9.59 Å². The van der Waals surface area contributed by atoms with Crippen LogP contribution >= 0.6 is 23.2 Å². The Kier molecular flexibility index (Phi) is 4.15. The maximum atomic E-state index is 12.0. The van der Waals surface area contributed by atoms with Crippen LogP contribution in [0.1, 0.15) is 17.0 Å². The Labute approximate surface area is 149 Å². The standard InChI is InChI=1S/C17H15Cl2N3O2/c1-9-6-11(7-14-16(23)21(3)17(24)20-14)10(2)22(9)15-5-4-12(18)8-13(15)19/h4-8H,1-3H3,(H,20,24)/b14-7+. The smallest absolute Gasteiger partial charge is 0.316 e. The molecule has 0 spiro atoms. The fraction of sp³-hybridized carbons (Fsp3) is 0.176. The van der Waals surface area contributed by atoms with E-state index in [0.29, 0.717) is 10.0 Å². The maximum Gasteiger partial charge on any atom is 0.328 e. The molecular formula is C17H15Cl2N3O2. The van der Waals surface area contributed by atoms with Crippen molar-refractivity contribution >= 4 is 41.2 Å². The highest BCUT2D eigenvalue weighted by molar-refractivity contribution is 6.35. The molecule has 124 valence electrons. The Morgan fingerprint density at radius 3 is 2.42 bits per heavy atom. The van der Waals surface area contributed by atoms with Crippen LogP contribution in [-0.4, -0.2) is 28.5 Å². The molecule has 1 saturated heterocycles. The summed E-state index contributed by atoms with van der Waals surface area (Å²) in [6, 6.07) is 6.81. The van der Waals surface area contributed by atoms with Crippen LogP contribution in [0.2, 0.25) is 10.0 Å². The molecule has 0 bridgehead atoms. The molecule has 2 aromatic rings. The van der Waals surface area contributed by atoms with Crippen LogP contribution in [0.5, 0.6) is 0 Å². The van der Waals surface area contributed by atoms with Gasteiger partial charge in [0.05, 0.1) is 10.7 Å². The van der Waals surface area contributed by atoms with Crippen molar-refractivity contribution in [2.24, 2.45) is 0 Å². The number of halogens is 2. The van der Waals surface area contributed by atoms with Gasteiger partial charge in [0.1, 0.15) is 5.70 Å². The molecule has 3 rings (SSSR count). The predicted molar refractivity (Wildman–Crippen MR) is 94.5 cm³/mol. The zero-order valence-electron chi connectivity index (χ0n) is 13.4. The van der Waals surface area contributed by atoms with E-state index in [1.807, 2.05) is 30.5 Å². The number of amides is 3. The van der Waals surface area contributed by atoms with Crippen molar-refractivity contribution in [3.8, 4) is 5.69 Å². The van der Waals surface area contributed by atoms with E-state index in [4.69, 9.17) is 23.2 Å². The molecule has 0 saturated carbocycles. The Morgan fingerprint density at radius 2 is 1.83 bits per heavy atom. The van der Waals surface area contributed by atoms with Crippen molar-refractivity contribution in [1.82, 2.24) is 14.8 Å². The third-order valence-electron chi connectivity index (χ3n) is 4.00. The number of likely N-dealkylation sites (N-methyl/N-ethyl adjacent to an activating group) is 1. The van der Waals surface area contributed by atoms with Gasteiger partial charge in [-0.2, -0.15) is 0 Å². The summed E-state index contributed by atoms with van der Waals surface area (Å²) in [6.45, 7) is 3.87. The third kappa shape index (κ3) is 2.70. The van der Waals surface area contributed by atoms with Crippen molar-refractivity contribution in [1.29, 1.82) is 0 Å². The average Bonchev–Trinajstić information content (AvgIpc) is 2.92. The average molecular weight is 364 g/mol. The molecule has 0 radical (unpaired) electrons. The summed E-state index contributed by atoms with van der Waals surface area (Å²) in [4.78, 5) is 24.6. The summed E-state index contributed by atoms with van der Waals surface area (Å²) in [5.41, 5.74) is 3.75. The van der Waals surface area contributed by atoms with Crippen LogP contribution in [0.15, 0.2) is 30.0 Å². The van der Waals surface area contributed by atoms with Gasteiger partial charge in [-0.05, 0) is 49.8 Å². The van der Waals surface area contributed by atoms with Gasteiger partial charge in [0.2, 0.25) is 0 Å². The Balaban J connectivity index is 2.08. The second-order valence-electron chi connectivity index (χ2n) is 5.61. The molecule has 0 atom stereocenters. The maximum absolute atomic E-state index is 12.0. The Morgan fingerprint density at radius 1 is 1.12 bits per heavy atom. The van der Waals surface area contributed by atoms with Crippen LogP contribution in [0.25, 0.3) is 11.8 Å². The minimum Gasteiger partial charge on any atom is -0.316 e. The van der Waals surface area contributed by atoms with Crippen molar-refractivity contribution in [2.45, 2.75) is 13.8 Å². The largest absolute Gasteiger partial charge is 0.328 e. The predicted octanol–water partition coefficient (Wildman–Crippen LogP) is 3.92. The van der Waals surface area contributed by atoms with Gasteiger partial charge >= 0.3 is 6.03 Å². The molecule has 24 heavy (non-hydrogen) atoms. The number of benzene rings is 1. The van der Waals surface area contributed by atoms with Gasteiger partial charge in [-0.1, -0.05) is 23.2 Å². The molecule has 0 aliphatic carbocycles. The lowest BCUT2D eigenvalue weighted by molar-refractivity contribution is -0.121. The molecule has 1 aliphatic rings. The summed E-state index contributed by atoms with van der Waals surface area (Å²) in [7, 11) is 1.44. The number of urea groups is 1. The first kappa shape index (κ1) is 16.6. The molecule has 3 amide bonds. The molecular weight excluding hydrogens is 349 g/mol. The van der Waals surface area contributed by atoms with E-state index in [1.54, 1.807) is 18.2 Å². The summed E-state index contributed by atoms with van der Waals surface area (Å²) >= 11 is 12.3. The lowest BCUT2D eigenvalue weighted by atomic mass is 10.2. The summed E-state index contributed by atoms with van der Waals surface area (Å²) < 4.78 is 1.98. The van der Waals surface area contributed by atoms with E-state index >= 15 is 0 Å². The van der Waals surface area contributed by atoms with E-state index in [9.17, 15) is 9.59 Å². The minimum absolute atomic E-state index is 0.255. The zero-order chi connectivity index (χ0) is 17.6. The van der Waals surface area contributed by atoms with E-state index in [0.717, 1.165) is 27.5 Å². The summed E-state index contributed by atoms with van der Waals surface area (Å²) in [5.74, 6) is -0.352. The topological polar surface area (TPSA) is 54.3 Å². The number of imide groups is 1. The summed E-state index contributed by atoms with van der Waals surface area (Å²) in [6.07, 6.45) is 1.67. The molecule has 2 heterocycles.